The van der Waals surface area contributed by atoms with Gasteiger partial charge >= 0.3 is 0 Å². The van der Waals surface area contributed by atoms with Crippen molar-refractivity contribution in [3.05, 3.63) is 0 Å². The van der Waals surface area contributed by atoms with Crippen molar-refractivity contribution in [2.75, 3.05) is 24.6 Å². The van der Waals surface area contributed by atoms with E-state index in [9.17, 15) is 0 Å². The molecule has 3 heteroatoms. The Hall–Kier alpha value is 0.660. The third kappa shape index (κ3) is 3.17. The maximum Gasteiger partial charge on any atom is 0.0476 e. The number of thioether (sulfide) groups is 2. The van der Waals surface area contributed by atoms with Gasteiger partial charge in [0.25, 0.3) is 0 Å². The van der Waals surface area contributed by atoms with Gasteiger partial charge in [0.2, 0.25) is 0 Å². The first-order valence-electron chi connectivity index (χ1n) is 3.62. The van der Waals surface area contributed by atoms with Gasteiger partial charge in [-0.15, -0.1) is 11.8 Å². The molecule has 0 unspecified atom stereocenters. The van der Waals surface area contributed by atoms with Crippen molar-refractivity contribution in [1.82, 2.24) is 0 Å². The molecule has 0 bridgehead atoms. The van der Waals surface area contributed by atoms with Crippen LogP contribution in [0.1, 0.15) is 12.8 Å². The second kappa shape index (κ2) is 5.33. The standard InChI is InChI=1S/C7H14OS2/c1-9-6-10-7-2-4-8-5-3-7/h7H,2-6H2,1H3. The smallest absolute Gasteiger partial charge is 0.0476 e. The Bertz CT molecular complexity index is 81.7. The number of hydrogen-bond donors (Lipinski definition) is 0. The summed E-state index contributed by atoms with van der Waals surface area (Å²) >= 11 is 4.00. The second-order valence-electron chi connectivity index (χ2n) is 2.38. The molecular weight excluding hydrogens is 164 g/mol. The summed E-state index contributed by atoms with van der Waals surface area (Å²) in [6.07, 6.45) is 4.67. The summed E-state index contributed by atoms with van der Waals surface area (Å²) in [4.78, 5) is 0. The highest BCUT2D eigenvalue weighted by Gasteiger charge is 2.12. The van der Waals surface area contributed by atoms with Crippen LogP contribution in [0, 0.1) is 0 Å². The van der Waals surface area contributed by atoms with Gasteiger partial charge in [0.15, 0.2) is 0 Å². The third-order valence-corrected chi connectivity index (χ3v) is 4.02. The fourth-order valence-electron chi connectivity index (χ4n) is 1.01. The topological polar surface area (TPSA) is 9.23 Å². The average Bonchev–Trinajstić information content (AvgIpc) is 2.03. The van der Waals surface area contributed by atoms with Gasteiger partial charge in [0.05, 0.1) is 0 Å². The summed E-state index contributed by atoms with van der Waals surface area (Å²) in [7, 11) is 0. The molecule has 1 fully saturated rings. The number of hydrogen-bond acceptors (Lipinski definition) is 3. The van der Waals surface area contributed by atoms with Gasteiger partial charge in [-0.1, -0.05) is 0 Å². The van der Waals surface area contributed by atoms with Crippen molar-refractivity contribution in [2.24, 2.45) is 0 Å². The summed E-state index contributed by atoms with van der Waals surface area (Å²) in [6, 6.07) is 0. The van der Waals surface area contributed by atoms with Crippen LogP contribution in [0.25, 0.3) is 0 Å². The zero-order valence-corrected chi connectivity index (χ0v) is 7.97. The van der Waals surface area contributed by atoms with Crippen LogP contribution < -0.4 is 0 Å². The lowest BCUT2D eigenvalue weighted by atomic mass is 10.2. The van der Waals surface area contributed by atoms with Crippen molar-refractivity contribution < 1.29 is 4.74 Å². The molecule has 1 saturated heterocycles. The van der Waals surface area contributed by atoms with Crippen LogP contribution in [0.4, 0.5) is 0 Å². The van der Waals surface area contributed by atoms with Crippen LogP contribution in [0.5, 0.6) is 0 Å². The Morgan fingerprint density at radius 3 is 2.70 bits per heavy atom. The highest BCUT2D eigenvalue weighted by atomic mass is 32.2. The predicted molar refractivity (Wildman–Crippen MR) is 49.8 cm³/mol. The molecule has 0 aromatic carbocycles. The zero-order valence-electron chi connectivity index (χ0n) is 6.34. The molecule has 1 heterocycles. The first-order chi connectivity index (χ1) is 4.93. The Morgan fingerprint density at radius 1 is 1.40 bits per heavy atom. The quantitative estimate of drug-likeness (QED) is 0.613. The van der Waals surface area contributed by atoms with Crippen LogP contribution in [-0.4, -0.2) is 29.8 Å². The van der Waals surface area contributed by atoms with E-state index in [1.165, 1.54) is 17.9 Å². The fourth-order valence-corrected chi connectivity index (χ4v) is 2.85. The van der Waals surface area contributed by atoms with E-state index in [0.717, 1.165) is 18.5 Å². The van der Waals surface area contributed by atoms with E-state index in [0.29, 0.717) is 0 Å². The summed E-state index contributed by atoms with van der Waals surface area (Å²) in [5, 5.41) is 2.12. The maximum absolute atomic E-state index is 5.26. The Morgan fingerprint density at radius 2 is 2.10 bits per heavy atom. The van der Waals surface area contributed by atoms with E-state index in [2.05, 4.69) is 18.0 Å². The largest absolute Gasteiger partial charge is 0.381 e. The van der Waals surface area contributed by atoms with Crippen molar-refractivity contribution >= 4 is 23.5 Å². The lowest BCUT2D eigenvalue weighted by Crippen LogP contribution is -2.17. The van der Waals surface area contributed by atoms with Gasteiger partial charge in [0, 0.05) is 23.5 Å². The summed E-state index contributed by atoms with van der Waals surface area (Å²) in [6.45, 7) is 1.96. The van der Waals surface area contributed by atoms with Gasteiger partial charge in [0.1, 0.15) is 0 Å². The first-order valence-corrected chi connectivity index (χ1v) is 6.06. The minimum atomic E-state index is 0.876. The van der Waals surface area contributed by atoms with E-state index in [-0.39, 0.29) is 0 Å². The summed E-state index contributed by atoms with van der Waals surface area (Å²) in [5.74, 6) is 0. The van der Waals surface area contributed by atoms with Crippen molar-refractivity contribution in [3.8, 4) is 0 Å². The SMILES string of the molecule is CSCSC1CCOCC1. The Labute approximate surface area is 71.3 Å². The molecule has 0 atom stereocenters. The van der Waals surface area contributed by atoms with Gasteiger partial charge < -0.3 is 4.74 Å². The highest BCUT2D eigenvalue weighted by molar-refractivity contribution is 8.15. The molecule has 10 heavy (non-hydrogen) atoms. The van der Waals surface area contributed by atoms with E-state index in [1.54, 1.807) is 0 Å². The van der Waals surface area contributed by atoms with Gasteiger partial charge in [-0.3, -0.25) is 0 Å². The van der Waals surface area contributed by atoms with Gasteiger partial charge in [-0.2, -0.15) is 11.8 Å². The third-order valence-electron chi connectivity index (χ3n) is 1.59. The van der Waals surface area contributed by atoms with Gasteiger partial charge in [-0.25, -0.2) is 0 Å². The zero-order chi connectivity index (χ0) is 7.23. The van der Waals surface area contributed by atoms with E-state index < -0.39 is 0 Å². The second-order valence-corrected chi connectivity index (χ2v) is 4.91. The van der Waals surface area contributed by atoms with Crippen LogP contribution >= 0.6 is 23.5 Å². The molecule has 0 aromatic heterocycles. The molecule has 0 aliphatic carbocycles. The molecule has 0 saturated carbocycles. The lowest BCUT2D eigenvalue weighted by molar-refractivity contribution is 0.100. The maximum atomic E-state index is 5.26. The van der Waals surface area contributed by atoms with Crippen LogP contribution in [0.15, 0.2) is 0 Å². The lowest BCUT2D eigenvalue weighted by Gasteiger charge is -2.20. The summed E-state index contributed by atoms with van der Waals surface area (Å²) < 4.78 is 5.26. The molecule has 0 aromatic rings. The monoisotopic (exact) mass is 178 g/mol. The van der Waals surface area contributed by atoms with Gasteiger partial charge in [-0.05, 0) is 19.1 Å². The molecule has 1 nitrogen and oxygen atoms in total. The molecule has 1 aliphatic rings. The van der Waals surface area contributed by atoms with Crippen LogP contribution in [-0.2, 0) is 4.74 Å². The van der Waals surface area contributed by atoms with E-state index in [4.69, 9.17) is 4.74 Å². The molecular formula is C7H14OS2. The van der Waals surface area contributed by atoms with Crippen LogP contribution in [0.3, 0.4) is 0 Å². The molecule has 60 valence electrons. The average molecular weight is 178 g/mol. The molecule has 0 radical (unpaired) electrons. The molecule has 1 rings (SSSR count). The van der Waals surface area contributed by atoms with Crippen molar-refractivity contribution in [3.63, 3.8) is 0 Å². The van der Waals surface area contributed by atoms with Crippen LogP contribution in [0.2, 0.25) is 0 Å². The van der Waals surface area contributed by atoms with E-state index >= 15 is 0 Å². The predicted octanol–water partition coefficient (Wildman–Crippen LogP) is 2.22. The highest BCUT2D eigenvalue weighted by Crippen LogP contribution is 2.24. The van der Waals surface area contributed by atoms with E-state index in [1.807, 2.05) is 11.8 Å². The normalized spacial score (nSPS) is 21.3. The molecule has 0 amide bonds. The molecule has 0 spiro atoms. The minimum Gasteiger partial charge on any atom is -0.381 e. The minimum absolute atomic E-state index is 0.876. The number of ether oxygens (including phenoxy) is 1. The summed E-state index contributed by atoms with van der Waals surface area (Å²) in [5.41, 5.74) is 0. The Balaban J connectivity index is 2.02. The number of rotatable bonds is 3. The molecule has 0 N–H and O–H groups in total. The fraction of sp³-hybridized carbons (Fsp3) is 1.00. The van der Waals surface area contributed by atoms with Crippen molar-refractivity contribution in [1.29, 1.82) is 0 Å². The molecule has 1 aliphatic heterocycles. The Kier molecular flexibility index (Phi) is 4.66. The first kappa shape index (κ1) is 8.75. The van der Waals surface area contributed by atoms with Crippen molar-refractivity contribution in [2.45, 2.75) is 18.1 Å².